The molecule has 1 atom stereocenters. The Kier molecular flexibility index (Phi) is 6.53. The lowest BCUT2D eigenvalue weighted by Crippen LogP contribution is -2.38. The van der Waals surface area contributed by atoms with Crippen LogP contribution in [0.2, 0.25) is 5.02 Å². The number of nitrogens with one attached hydrogen (secondary N) is 1. The summed E-state index contributed by atoms with van der Waals surface area (Å²) in [5.74, 6) is 1.23. The summed E-state index contributed by atoms with van der Waals surface area (Å²) in [5.41, 5.74) is 2.68. The maximum atomic E-state index is 6.17. The van der Waals surface area contributed by atoms with Gasteiger partial charge >= 0.3 is 0 Å². The molecule has 1 heterocycles. The largest absolute Gasteiger partial charge is 0.369 e. The molecule has 0 spiro atoms. The van der Waals surface area contributed by atoms with Gasteiger partial charge in [-0.15, -0.1) is 0 Å². The number of thioether (sulfide) groups is 1. The molecule has 0 aliphatic carbocycles. The fourth-order valence-electron chi connectivity index (χ4n) is 2.59. The molecule has 0 amide bonds. The second-order valence-electron chi connectivity index (χ2n) is 5.30. The van der Waals surface area contributed by atoms with E-state index in [-0.39, 0.29) is 0 Å². The van der Waals surface area contributed by atoms with Crippen LogP contribution >= 0.6 is 23.4 Å². The molecular weight excluding hydrogens is 288 g/mol. The van der Waals surface area contributed by atoms with Gasteiger partial charge < -0.3 is 10.2 Å². The number of halogens is 1. The molecular formula is C16H25ClN2S. The Bertz CT molecular complexity index is 425. The topological polar surface area (TPSA) is 15.3 Å². The molecule has 1 saturated heterocycles. The van der Waals surface area contributed by atoms with Crippen molar-refractivity contribution in [2.45, 2.75) is 38.5 Å². The average molecular weight is 313 g/mol. The van der Waals surface area contributed by atoms with Crippen molar-refractivity contribution in [1.29, 1.82) is 0 Å². The number of anilines is 1. The molecule has 20 heavy (non-hydrogen) atoms. The first-order chi connectivity index (χ1) is 9.74. The van der Waals surface area contributed by atoms with Crippen LogP contribution in [-0.2, 0) is 6.54 Å². The van der Waals surface area contributed by atoms with E-state index in [1.807, 2.05) is 6.07 Å². The Morgan fingerprint density at radius 2 is 2.25 bits per heavy atom. The van der Waals surface area contributed by atoms with Gasteiger partial charge in [0.05, 0.1) is 0 Å². The first-order valence-electron chi connectivity index (χ1n) is 7.60. The SMILES string of the molecule is CCCNCc1cc(Cl)ccc1N1CCSC(CC)C1. The molecule has 1 N–H and O–H groups in total. The van der Waals surface area contributed by atoms with Crippen LogP contribution in [0.25, 0.3) is 0 Å². The normalized spacial score (nSPS) is 19.4. The summed E-state index contributed by atoms with van der Waals surface area (Å²) in [6, 6.07) is 6.32. The first-order valence-corrected chi connectivity index (χ1v) is 9.03. The number of hydrogen-bond acceptors (Lipinski definition) is 3. The van der Waals surface area contributed by atoms with Crippen molar-refractivity contribution in [1.82, 2.24) is 5.32 Å². The lowest BCUT2D eigenvalue weighted by molar-refractivity contribution is 0.668. The minimum absolute atomic E-state index is 0.760. The third-order valence-electron chi connectivity index (χ3n) is 3.72. The molecule has 0 bridgehead atoms. The lowest BCUT2D eigenvalue weighted by atomic mass is 10.1. The van der Waals surface area contributed by atoms with E-state index in [0.29, 0.717) is 0 Å². The molecule has 1 unspecified atom stereocenters. The van der Waals surface area contributed by atoms with Gasteiger partial charge in [0.15, 0.2) is 0 Å². The summed E-state index contributed by atoms with van der Waals surface area (Å²) in [7, 11) is 0. The van der Waals surface area contributed by atoms with E-state index in [4.69, 9.17) is 11.6 Å². The molecule has 1 aromatic carbocycles. The molecule has 0 aromatic heterocycles. The Hall–Kier alpha value is -0.380. The molecule has 2 rings (SSSR count). The molecule has 1 aromatic rings. The minimum atomic E-state index is 0.760. The molecule has 0 saturated carbocycles. The van der Waals surface area contributed by atoms with Crippen molar-refractivity contribution >= 4 is 29.1 Å². The second kappa shape index (κ2) is 8.16. The van der Waals surface area contributed by atoms with Gasteiger partial charge in [-0.25, -0.2) is 0 Å². The minimum Gasteiger partial charge on any atom is -0.369 e. The fraction of sp³-hybridized carbons (Fsp3) is 0.625. The lowest BCUT2D eigenvalue weighted by Gasteiger charge is -2.35. The van der Waals surface area contributed by atoms with Crippen LogP contribution in [0.3, 0.4) is 0 Å². The number of rotatable bonds is 6. The van der Waals surface area contributed by atoms with Crippen LogP contribution < -0.4 is 10.2 Å². The van der Waals surface area contributed by atoms with Crippen molar-refractivity contribution in [2.24, 2.45) is 0 Å². The highest BCUT2D eigenvalue weighted by Gasteiger charge is 2.21. The van der Waals surface area contributed by atoms with E-state index in [2.05, 4.69) is 48.0 Å². The van der Waals surface area contributed by atoms with Crippen molar-refractivity contribution < 1.29 is 0 Å². The third-order valence-corrected chi connectivity index (χ3v) is 5.33. The number of hydrogen-bond donors (Lipinski definition) is 1. The van der Waals surface area contributed by atoms with Gasteiger partial charge in [0, 0.05) is 41.3 Å². The van der Waals surface area contributed by atoms with Gasteiger partial charge in [-0.2, -0.15) is 11.8 Å². The Balaban J connectivity index is 2.12. The molecule has 4 heteroatoms. The maximum Gasteiger partial charge on any atom is 0.0413 e. The summed E-state index contributed by atoms with van der Waals surface area (Å²) in [6.07, 6.45) is 2.41. The Morgan fingerprint density at radius 3 is 3.00 bits per heavy atom. The van der Waals surface area contributed by atoms with Crippen molar-refractivity contribution in [2.75, 3.05) is 30.3 Å². The standard InChI is InChI=1S/C16H25ClN2S/c1-3-7-18-11-13-10-14(17)5-6-16(13)19-8-9-20-15(4-2)12-19/h5-6,10,15,18H,3-4,7-9,11-12H2,1-2H3. The fourth-order valence-corrected chi connectivity index (χ4v) is 3.96. The van der Waals surface area contributed by atoms with Gasteiger partial charge in [0.2, 0.25) is 0 Å². The number of nitrogens with zero attached hydrogens (tertiary/aromatic N) is 1. The van der Waals surface area contributed by atoms with Crippen LogP contribution in [0, 0.1) is 0 Å². The predicted octanol–water partition coefficient (Wildman–Crippen LogP) is 4.17. The summed E-state index contributed by atoms with van der Waals surface area (Å²) in [5, 5.41) is 5.09. The summed E-state index contributed by atoms with van der Waals surface area (Å²) >= 11 is 8.28. The van der Waals surface area contributed by atoms with Crippen LogP contribution in [-0.4, -0.2) is 30.6 Å². The molecule has 2 nitrogen and oxygen atoms in total. The third kappa shape index (κ3) is 4.31. The molecule has 0 radical (unpaired) electrons. The van der Waals surface area contributed by atoms with Gasteiger partial charge in [-0.3, -0.25) is 0 Å². The zero-order valence-electron chi connectivity index (χ0n) is 12.5. The smallest absolute Gasteiger partial charge is 0.0413 e. The molecule has 1 aliphatic rings. The Morgan fingerprint density at radius 1 is 1.40 bits per heavy atom. The molecule has 112 valence electrons. The molecule has 1 fully saturated rings. The van der Waals surface area contributed by atoms with E-state index in [1.165, 1.54) is 23.4 Å². The van der Waals surface area contributed by atoms with Gasteiger partial charge in [0.25, 0.3) is 0 Å². The highest BCUT2D eigenvalue weighted by Crippen LogP contribution is 2.29. The van der Waals surface area contributed by atoms with Crippen molar-refractivity contribution in [3.8, 4) is 0 Å². The first kappa shape index (κ1) is 16.0. The summed E-state index contributed by atoms with van der Waals surface area (Å²) < 4.78 is 0. The quantitative estimate of drug-likeness (QED) is 0.794. The van der Waals surface area contributed by atoms with E-state index >= 15 is 0 Å². The van der Waals surface area contributed by atoms with E-state index in [1.54, 1.807) is 0 Å². The van der Waals surface area contributed by atoms with E-state index in [9.17, 15) is 0 Å². The van der Waals surface area contributed by atoms with Crippen LogP contribution in [0.5, 0.6) is 0 Å². The van der Waals surface area contributed by atoms with Crippen molar-refractivity contribution in [3.63, 3.8) is 0 Å². The zero-order chi connectivity index (χ0) is 14.4. The monoisotopic (exact) mass is 312 g/mol. The van der Waals surface area contributed by atoms with E-state index in [0.717, 1.165) is 42.9 Å². The van der Waals surface area contributed by atoms with Crippen molar-refractivity contribution in [3.05, 3.63) is 28.8 Å². The van der Waals surface area contributed by atoms with Gasteiger partial charge in [-0.1, -0.05) is 25.4 Å². The summed E-state index contributed by atoms with van der Waals surface area (Å²) in [6.45, 7) is 8.74. The second-order valence-corrected chi connectivity index (χ2v) is 7.14. The van der Waals surface area contributed by atoms with Crippen LogP contribution in [0.15, 0.2) is 18.2 Å². The van der Waals surface area contributed by atoms with Gasteiger partial charge in [0.1, 0.15) is 0 Å². The zero-order valence-corrected chi connectivity index (χ0v) is 14.1. The predicted molar refractivity (Wildman–Crippen MR) is 92.2 cm³/mol. The van der Waals surface area contributed by atoms with E-state index < -0.39 is 0 Å². The average Bonchev–Trinajstić information content (AvgIpc) is 2.48. The number of benzene rings is 1. The van der Waals surface area contributed by atoms with Gasteiger partial charge in [-0.05, 0) is 43.1 Å². The van der Waals surface area contributed by atoms with Crippen LogP contribution in [0.4, 0.5) is 5.69 Å². The highest BCUT2D eigenvalue weighted by molar-refractivity contribution is 8.00. The molecule has 1 aliphatic heterocycles. The van der Waals surface area contributed by atoms with Crippen LogP contribution in [0.1, 0.15) is 32.3 Å². The summed E-state index contributed by atoms with van der Waals surface area (Å²) in [4.78, 5) is 2.53. The highest BCUT2D eigenvalue weighted by atomic mass is 35.5. The maximum absolute atomic E-state index is 6.17. The Labute approximate surface area is 132 Å².